The monoisotopic (exact) mass is 337 g/mol. The summed E-state index contributed by atoms with van der Waals surface area (Å²) in [5.74, 6) is -0.587. The minimum Gasteiger partial charge on any atom is -0.385 e. The van der Waals surface area contributed by atoms with Crippen LogP contribution >= 0.6 is 0 Å². The van der Waals surface area contributed by atoms with Crippen LogP contribution < -0.4 is 10.9 Å². The molecule has 0 bridgehead atoms. The van der Waals surface area contributed by atoms with E-state index in [4.69, 9.17) is 4.74 Å². The van der Waals surface area contributed by atoms with E-state index in [1.165, 1.54) is 19.2 Å². The molecule has 7 nitrogen and oxygen atoms in total. The molecule has 0 unspecified atom stereocenters. The molecule has 1 aromatic heterocycles. The number of aromatic amines is 1. The van der Waals surface area contributed by atoms with Gasteiger partial charge in [0.15, 0.2) is 0 Å². The molecule has 0 saturated heterocycles. The van der Waals surface area contributed by atoms with Gasteiger partial charge in [0.2, 0.25) is 5.91 Å². The van der Waals surface area contributed by atoms with Crippen molar-refractivity contribution in [1.82, 2.24) is 9.88 Å². The van der Waals surface area contributed by atoms with Crippen LogP contribution in [0.5, 0.6) is 0 Å². The Balaban J connectivity index is 2.93. The van der Waals surface area contributed by atoms with Crippen molar-refractivity contribution in [1.29, 1.82) is 0 Å². The molecule has 0 aliphatic rings. The van der Waals surface area contributed by atoms with E-state index in [9.17, 15) is 14.4 Å². The minimum absolute atomic E-state index is 0.0372. The maximum atomic E-state index is 12.7. The van der Waals surface area contributed by atoms with E-state index < -0.39 is 5.56 Å². The number of hydrogen-bond donors (Lipinski definition) is 2. The molecule has 0 radical (unpaired) electrons. The maximum absolute atomic E-state index is 12.7. The van der Waals surface area contributed by atoms with Crippen molar-refractivity contribution in [3.8, 4) is 0 Å². The van der Waals surface area contributed by atoms with E-state index in [1.807, 2.05) is 0 Å². The molecule has 0 spiro atoms. The number of nitrogens with zero attached hydrogens (tertiary/aromatic N) is 1. The predicted molar refractivity (Wildman–Crippen MR) is 93.3 cm³/mol. The number of amides is 2. The summed E-state index contributed by atoms with van der Waals surface area (Å²) in [6.45, 7) is 5.15. The number of H-pyrrole nitrogens is 1. The molecule has 1 rings (SSSR count). The lowest BCUT2D eigenvalue weighted by atomic mass is 10.2. The highest BCUT2D eigenvalue weighted by atomic mass is 16.5. The van der Waals surface area contributed by atoms with Gasteiger partial charge in [-0.25, -0.2) is 0 Å². The number of anilines is 1. The number of aromatic nitrogens is 1. The Morgan fingerprint density at radius 3 is 2.58 bits per heavy atom. The molecule has 0 saturated carbocycles. The lowest BCUT2D eigenvalue weighted by Crippen LogP contribution is -2.36. The van der Waals surface area contributed by atoms with Gasteiger partial charge in [0.1, 0.15) is 5.56 Å². The quantitative estimate of drug-likeness (QED) is 0.639. The average molecular weight is 337 g/mol. The molecular weight excluding hydrogens is 310 g/mol. The number of carbonyl (C=O) groups excluding carboxylic acids is 2. The van der Waals surface area contributed by atoms with Gasteiger partial charge < -0.3 is 19.9 Å². The van der Waals surface area contributed by atoms with Crippen molar-refractivity contribution in [2.24, 2.45) is 0 Å². The van der Waals surface area contributed by atoms with Gasteiger partial charge in [-0.2, -0.15) is 0 Å². The van der Waals surface area contributed by atoms with Crippen molar-refractivity contribution in [3.05, 3.63) is 28.2 Å². The molecule has 2 amide bonds. The van der Waals surface area contributed by atoms with Crippen LogP contribution in [0.15, 0.2) is 17.1 Å². The summed E-state index contributed by atoms with van der Waals surface area (Å²) < 4.78 is 5.04. The molecule has 7 heteroatoms. The normalized spacial score (nSPS) is 10.5. The fourth-order valence-corrected chi connectivity index (χ4v) is 2.36. The zero-order valence-corrected chi connectivity index (χ0v) is 14.7. The first kappa shape index (κ1) is 19.9. The number of pyridine rings is 1. The van der Waals surface area contributed by atoms with E-state index in [0.29, 0.717) is 31.8 Å². The lowest BCUT2D eigenvalue weighted by molar-refractivity contribution is -0.114. The zero-order chi connectivity index (χ0) is 17.9. The third-order valence-electron chi connectivity index (χ3n) is 3.55. The number of unbranched alkanes of at least 4 members (excludes halogenated alkanes) is 2. The number of carbonyl (C=O) groups is 2. The Morgan fingerprint density at radius 2 is 1.96 bits per heavy atom. The third kappa shape index (κ3) is 6.54. The number of nitrogens with one attached hydrogen (secondary N) is 2. The van der Waals surface area contributed by atoms with Crippen LogP contribution in [0.1, 0.15) is 49.9 Å². The molecule has 1 aromatic rings. The number of methoxy groups -OCH3 is 1. The van der Waals surface area contributed by atoms with E-state index >= 15 is 0 Å². The van der Waals surface area contributed by atoms with Crippen molar-refractivity contribution >= 4 is 17.5 Å². The van der Waals surface area contributed by atoms with E-state index in [0.717, 1.165) is 19.3 Å². The first-order chi connectivity index (χ1) is 11.5. The molecular formula is C17H27N3O4. The van der Waals surface area contributed by atoms with E-state index in [-0.39, 0.29) is 17.4 Å². The Morgan fingerprint density at radius 1 is 1.25 bits per heavy atom. The zero-order valence-electron chi connectivity index (χ0n) is 14.7. The van der Waals surface area contributed by atoms with Crippen molar-refractivity contribution in [2.75, 3.05) is 32.1 Å². The Bertz CT molecular complexity index is 588. The summed E-state index contributed by atoms with van der Waals surface area (Å²) in [5.41, 5.74) is -0.0210. The van der Waals surface area contributed by atoms with E-state index in [1.54, 1.807) is 12.0 Å². The second kappa shape index (κ2) is 10.6. The molecule has 1 heterocycles. The Labute approximate surface area is 142 Å². The third-order valence-corrected chi connectivity index (χ3v) is 3.55. The van der Waals surface area contributed by atoms with Gasteiger partial charge in [-0.1, -0.05) is 19.8 Å². The summed E-state index contributed by atoms with van der Waals surface area (Å²) >= 11 is 0. The van der Waals surface area contributed by atoms with Gasteiger partial charge in [0.05, 0.1) is 5.69 Å². The summed E-state index contributed by atoms with van der Waals surface area (Å²) in [5, 5.41) is 2.57. The van der Waals surface area contributed by atoms with Crippen molar-refractivity contribution < 1.29 is 14.3 Å². The molecule has 2 N–H and O–H groups in total. The molecule has 134 valence electrons. The minimum atomic E-state index is -0.457. The molecule has 0 aliphatic heterocycles. The van der Waals surface area contributed by atoms with E-state index in [2.05, 4.69) is 17.2 Å². The molecule has 0 atom stereocenters. The predicted octanol–water partition coefficient (Wildman–Crippen LogP) is 2.00. The SMILES string of the molecule is CCCCCN(CCCOC)C(=O)c1cc(NC(C)=O)c[nH]c1=O. The molecule has 0 aromatic carbocycles. The number of rotatable bonds is 10. The highest BCUT2D eigenvalue weighted by Gasteiger charge is 2.19. The molecule has 0 aliphatic carbocycles. The van der Waals surface area contributed by atoms with Crippen molar-refractivity contribution in [3.63, 3.8) is 0 Å². The summed E-state index contributed by atoms with van der Waals surface area (Å²) in [4.78, 5) is 40.1. The van der Waals surface area contributed by atoms with Crippen LogP contribution in [0.2, 0.25) is 0 Å². The van der Waals surface area contributed by atoms with Gasteiger partial charge >= 0.3 is 0 Å². The first-order valence-corrected chi connectivity index (χ1v) is 8.28. The van der Waals surface area contributed by atoms with Gasteiger partial charge in [-0.05, 0) is 18.9 Å². The first-order valence-electron chi connectivity index (χ1n) is 8.28. The Kier molecular flexibility index (Phi) is 8.78. The highest BCUT2D eigenvalue weighted by molar-refractivity contribution is 5.96. The lowest BCUT2D eigenvalue weighted by Gasteiger charge is -2.22. The number of ether oxygens (including phenoxy) is 1. The van der Waals surface area contributed by atoms with Gasteiger partial charge in [0, 0.05) is 39.9 Å². The maximum Gasteiger partial charge on any atom is 0.260 e. The summed E-state index contributed by atoms with van der Waals surface area (Å²) in [7, 11) is 1.62. The topological polar surface area (TPSA) is 91.5 Å². The second-order valence-electron chi connectivity index (χ2n) is 5.66. The fourth-order valence-electron chi connectivity index (χ4n) is 2.36. The molecule has 0 fully saturated rings. The smallest absolute Gasteiger partial charge is 0.260 e. The second-order valence-corrected chi connectivity index (χ2v) is 5.66. The fraction of sp³-hybridized carbons (Fsp3) is 0.588. The average Bonchev–Trinajstić information content (AvgIpc) is 2.54. The van der Waals surface area contributed by atoms with Gasteiger partial charge in [-0.15, -0.1) is 0 Å². The van der Waals surface area contributed by atoms with Crippen LogP contribution in [0.4, 0.5) is 5.69 Å². The van der Waals surface area contributed by atoms with Crippen LogP contribution in [-0.4, -0.2) is 48.5 Å². The molecule has 24 heavy (non-hydrogen) atoms. The van der Waals surface area contributed by atoms with Crippen LogP contribution in [0.25, 0.3) is 0 Å². The van der Waals surface area contributed by atoms with Crippen LogP contribution in [-0.2, 0) is 9.53 Å². The van der Waals surface area contributed by atoms with Crippen molar-refractivity contribution in [2.45, 2.75) is 39.5 Å². The number of hydrogen-bond acceptors (Lipinski definition) is 4. The van der Waals surface area contributed by atoms with Crippen LogP contribution in [0.3, 0.4) is 0 Å². The van der Waals surface area contributed by atoms with Crippen LogP contribution in [0, 0.1) is 0 Å². The summed E-state index contributed by atoms with van der Waals surface area (Å²) in [6.07, 6.45) is 5.05. The largest absolute Gasteiger partial charge is 0.385 e. The highest BCUT2D eigenvalue weighted by Crippen LogP contribution is 2.10. The Hall–Kier alpha value is -2.15. The van der Waals surface area contributed by atoms with Gasteiger partial charge in [-0.3, -0.25) is 14.4 Å². The summed E-state index contributed by atoms with van der Waals surface area (Å²) in [6, 6.07) is 1.42. The van der Waals surface area contributed by atoms with Gasteiger partial charge in [0.25, 0.3) is 11.5 Å². The standard InChI is InChI=1S/C17H27N3O4/c1-4-5-6-8-20(9-7-10-24-3)17(23)15-11-14(19-13(2)21)12-18-16(15)22/h11-12H,4-10H2,1-3H3,(H,18,22)(H,19,21).